The molecule has 0 spiro atoms. The fourth-order valence-corrected chi connectivity index (χ4v) is 2.89. The SMILES string of the molecule is CCC(C)(O)CNC1CCCCC1C(C)(C)C. The van der Waals surface area contributed by atoms with Crippen LogP contribution < -0.4 is 5.32 Å². The molecule has 3 unspecified atom stereocenters. The molecule has 0 heterocycles. The molecule has 0 aromatic heterocycles. The highest BCUT2D eigenvalue weighted by Gasteiger charge is 2.34. The number of nitrogens with one attached hydrogen (secondary N) is 1. The minimum atomic E-state index is -0.556. The van der Waals surface area contributed by atoms with Crippen molar-refractivity contribution in [1.29, 1.82) is 0 Å². The van der Waals surface area contributed by atoms with E-state index in [2.05, 4.69) is 26.1 Å². The highest BCUT2D eigenvalue weighted by molar-refractivity contribution is 4.89. The maximum Gasteiger partial charge on any atom is 0.0741 e. The Bertz CT molecular complexity index is 230. The lowest BCUT2D eigenvalue weighted by Crippen LogP contribution is -2.49. The Kier molecular flexibility index (Phi) is 5.03. The van der Waals surface area contributed by atoms with Gasteiger partial charge in [-0.25, -0.2) is 0 Å². The molecule has 1 aliphatic rings. The molecule has 2 heteroatoms. The molecular formula is C15H31NO. The molecule has 0 saturated heterocycles. The van der Waals surface area contributed by atoms with Crippen LogP contribution in [0.25, 0.3) is 0 Å². The smallest absolute Gasteiger partial charge is 0.0741 e. The Morgan fingerprint density at radius 3 is 2.24 bits per heavy atom. The summed E-state index contributed by atoms with van der Waals surface area (Å²) in [6.07, 6.45) is 6.10. The van der Waals surface area contributed by atoms with E-state index in [1.807, 2.05) is 13.8 Å². The van der Waals surface area contributed by atoms with Crippen molar-refractivity contribution >= 4 is 0 Å². The van der Waals surface area contributed by atoms with E-state index in [4.69, 9.17) is 0 Å². The molecule has 0 aromatic rings. The molecule has 3 atom stereocenters. The summed E-state index contributed by atoms with van der Waals surface area (Å²) in [5, 5.41) is 13.7. The van der Waals surface area contributed by atoms with Crippen molar-refractivity contribution in [3.8, 4) is 0 Å². The summed E-state index contributed by atoms with van der Waals surface area (Å²) >= 11 is 0. The van der Waals surface area contributed by atoms with Crippen LogP contribution in [0.3, 0.4) is 0 Å². The van der Waals surface area contributed by atoms with Gasteiger partial charge < -0.3 is 10.4 Å². The van der Waals surface area contributed by atoms with E-state index >= 15 is 0 Å². The monoisotopic (exact) mass is 241 g/mol. The zero-order chi connectivity index (χ0) is 13.1. The number of aliphatic hydroxyl groups is 1. The first-order valence-corrected chi connectivity index (χ1v) is 7.22. The number of hydrogen-bond acceptors (Lipinski definition) is 2. The fraction of sp³-hybridized carbons (Fsp3) is 1.00. The summed E-state index contributed by atoms with van der Waals surface area (Å²) < 4.78 is 0. The second kappa shape index (κ2) is 5.71. The lowest BCUT2D eigenvalue weighted by atomic mass is 9.69. The van der Waals surface area contributed by atoms with Gasteiger partial charge in [-0.2, -0.15) is 0 Å². The summed E-state index contributed by atoms with van der Waals surface area (Å²) in [6, 6.07) is 0.585. The Balaban J connectivity index is 2.55. The summed E-state index contributed by atoms with van der Waals surface area (Å²) in [4.78, 5) is 0. The second-order valence-electron chi connectivity index (χ2n) is 7.09. The first-order chi connectivity index (χ1) is 7.76. The van der Waals surface area contributed by atoms with Gasteiger partial charge >= 0.3 is 0 Å². The molecule has 17 heavy (non-hydrogen) atoms. The zero-order valence-corrected chi connectivity index (χ0v) is 12.3. The van der Waals surface area contributed by atoms with Gasteiger partial charge in [-0.15, -0.1) is 0 Å². The Morgan fingerprint density at radius 1 is 1.12 bits per heavy atom. The lowest BCUT2D eigenvalue weighted by Gasteiger charge is -2.42. The summed E-state index contributed by atoms with van der Waals surface area (Å²) in [6.45, 7) is 11.7. The van der Waals surface area contributed by atoms with E-state index in [1.54, 1.807) is 0 Å². The summed E-state index contributed by atoms with van der Waals surface area (Å²) in [5.41, 5.74) is -0.184. The van der Waals surface area contributed by atoms with Crippen molar-refractivity contribution in [2.75, 3.05) is 6.54 Å². The highest BCUT2D eigenvalue weighted by Crippen LogP contribution is 2.38. The average Bonchev–Trinajstić information content (AvgIpc) is 2.26. The van der Waals surface area contributed by atoms with Crippen molar-refractivity contribution in [3.05, 3.63) is 0 Å². The van der Waals surface area contributed by atoms with E-state index in [0.717, 1.165) is 18.9 Å². The second-order valence-corrected chi connectivity index (χ2v) is 7.09. The molecule has 0 aromatic carbocycles. The van der Waals surface area contributed by atoms with Crippen LogP contribution in [0.2, 0.25) is 0 Å². The Hall–Kier alpha value is -0.0800. The van der Waals surface area contributed by atoms with Gasteiger partial charge in [0.15, 0.2) is 0 Å². The molecule has 0 aliphatic heterocycles. The van der Waals surface area contributed by atoms with Crippen LogP contribution in [0.15, 0.2) is 0 Å². The molecule has 0 bridgehead atoms. The van der Waals surface area contributed by atoms with E-state index in [1.165, 1.54) is 25.7 Å². The third kappa shape index (κ3) is 4.59. The predicted octanol–water partition coefficient (Wildman–Crippen LogP) is 3.34. The minimum Gasteiger partial charge on any atom is -0.389 e. The minimum absolute atomic E-state index is 0.371. The van der Waals surface area contributed by atoms with Crippen molar-refractivity contribution in [3.63, 3.8) is 0 Å². The van der Waals surface area contributed by atoms with Gasteiger partial charge in [0.2, 0.25) is 0 Å². The lowest BCUT2D eigenvalue weighted by molar-refractivity contribution is 0.0403. The first kappa shape index (κ1) is 15.0. The van der Waals surface area contributed by atoms with Crippen LogP contribution in [0.4, 0.5) is 0 Å². The quantitative estimate of drug-likeness (QED) is 0.791. The van der Waals surface area contributed by atoms with Gasteiger partial charge in [-0.05, 0) is 37.5 Å². The van der Waals surface area contributed by atoms with Gasteiger partial charge in [0.05, 0.1) is 5.60 Å². The first-order valence-electron chi connectivity index (χ1n) is 7.22. The van der Waals surface area contributed by atoms with Crippen LogP contribution in [0.1, 0.15) is 66.7 Å². The maximum absolute atomic E-state index is 10.1. The molecule has 1 fully saturated rings. The van der Waals surface area contributed by atoms with Crippen LogP contribution in [-0.4, -0.2) is 23.3 Å². The largest absolute Gasteiger partial charge is 0.389 e. The van der Waals surface area contributed by atoms with Gasteiger partial charge in [0, 0.05) is 12.6 Å². The van der Waals surface area contributed by atoms with E-state index in [0.29, 0.717) is 11.5 Å². The maximum atomic E-state index is 10.1. The Morgan fingerprint density at radius 2 is 1.71 bits per heavy atom. The molecule has 1 rings (SSSR count). The molecule has 2 N–H and O–H groups in total. The topological polar surface area (TPSA) is 32.3 Å². The standard InChI is InChI=1S/C15H31NO/c1-6-15(5,17)11-16-13-10-8-7-9-12(13)14(2,3)4/h12-13,16-17H,6-11H2,1-5H3. The van der Waals surface area contributed by atoms with Crippen LogP contribution in [0, 0.1) is 11.3 Å². The zero-order valence-electron chi connectivity index (χ0n) is 12.3. The molecular weight excluding hydrogens is 210 g/mol. The third-order valence-electron chi connectivity index (χ3n) is 4.39. The Labute approximate surface area is 107 Å². The van der Waals surface area contributed by atoms with Gasteiger partial charge in [-0.3, -0.25) is 0 Å². The van der Waals surface area contributed by atoms with E-state index < -0.39 is 5.60 Å². The molecule has 2 nitrogen and oxygen atoms in total. The van der Waals surface area contributed by atoms with Crippen LogP contribution >= 0.6 is 0 Å². The van der Waals surface area contributed by atoms with Gasteiger partial charge in [-0.1, -0.05) is 40.5 Å². The third-order valence-corrected chi connectivity index (χ3v) is 4.39. The van der Waals surface area contributed by atoms with Crippen molar-refractivity contribution in [1.82, 2.24) is 5.32 Å². The average molecular weight is 241 g/mol. The fourth-order valence-electron chi connectivity index (χ4n) is 2.89. The van der Waals surface area contributed by atoms with Crippen molar-refractivity contribution < 1.29 is 5.11 Å². The molecule has 0 radical (unpaired) electrons. The normalized spacial score (nSPS) is 30.0. The number of rotatable bonds is 4. The highest BCUT2D eigenvalue weighted by atomic mass is 16.3. The van der Waals surface area contributed by atoms with E-state index in [-0.39, 0.29) is 0 Å². The van der Waals surface area contributed by atoms with Crippen LogP contribution in [-0.2, 0) is 0 Å². The van der Waals surface area contributed by atoms with Crippen LogP contribution in [0.5, 0.6) is 0 Å². The summed E-state index contributed by atoms with van der Waals surface area (Å²) in [7, 11) is 0. The predicted molar refractivity (Wildman–Crippen MR) is 74.1 cm³/mol. The summed E-state index contributed by atoms with van der Waals surface area (Å²) in [5.74, 6) is 0.740. The number of hydrogen-bond donors (Lipinski definition) is 2. The molecule has 1 saturated carbocycles. The molecule has 102 valence electrons. The van der Waals surface area contributed by atoms with Crippen molar-refractivity contribution in [2.24, 2.45) is 11.3 Å². The molecule has 1 aliphatic carbocycles. The van der Waals surface area contributed by atoms with Crippen molar-refractivity contribution in [2.45, 2.75) is 78.4 Å². The van der Waals surface area contributed by atoms with Gasteiger partial charge in [0.1, 0.15) is 0 Å². The molecule has 0 amide bonds. The van der Waals surface area contributed by atoms with E-state index in [9.17, 15) is 5.11 Å². The van der Waals surface area contributed by atoms with Gasteiger partial charge in [0.25, 0.3) is 0 Å².